The summed E-state index contributed by atoms with van der Waals surface area (Å²) in [7, 11) is -9.90. The molecule has 90 heavy (non-hydrogen) atoms. The number of carbonyl (C=O) groups is 4. The number of hydrogen-bond acceptors (Lipinski definition) is 15. The Kier molecular flexibility index (Phi) is 61.8. The molecule has 3 N–H and O–H groups in total. The number of phosphoric acid groups is 2. The fraction of sp³-hybridized carbons (Fsp3) is 0.944. The fourth-order valence-electron chi connectivity index (χ4n) is 10.7. The smallest absolute Gasteiger partial charge is 0.462 e. The van der Waals surface area contributed by atoms with Gasteiger partial charge in [-0.1, -0.05) is 311 Å². The molecule has 0 heterocycles. The molecule has 0 aromatic rings. The summed E-state index contributed by atoms with van der Waals surface area (Å²) in [5.41, 5.74) is 0. The summed E-state index contributed by atoms with van der Waals surface area (Å²) < 4.78 is 68.2. The summed E-state index contributed by atoms with van der Waals surface area (Å²) in [6.45, 7) is 9.45. The normalized spacial score (nSPS) is 14.7. The van der Waals surface area contributed by atoms with Gasteiger partial charge in [-0.2, -0.15) is 0 Å². The van der Waals surface area contributed by atoms with E-state index in [0.717, 1.165) is 108 Å². The quantitative estimate of drug-likeness (QED) is 0.0222. The van der Waals surface area contributed by atoms with Crippen LogP contribution in [-0.4, -0.2) is 96.7 Å². The lowest BCUT2D eigenvalue weighted by atomic mass is 10.00. The molecule has 0 saturated heterocycles. The molecule has 0 aromatic heterocycles. The summed E-state index contributed by atoms with van der Waals surface area (Å²) in [4.78, 5) is 72.5. The molecule has 0 aliphatic heterocycles. The van der Waals surface area contributed by atoms with Crippen molar-refractivity contribution in [1.82, 2.24) is 0 Å². The number of hydrogen-bond donors (Lipinski definition) is 3. The Morgan fingerprint density at radius 1 is 0.311 bits per heavy atom. The number of phosphoric ester groups is 2. The Morgan fingerprint density at radius 2 is 0.533 bits per heavy atom. The van der Waals surface area contributed by atoms with Crippen molar-refractivity contribution in [1.29, 1.82) is 0 Å². The van der Waals surface area contributed by atoms with E-state index in [4.69, 9.17) is 37.0 Å². The number of esters is 4. The molecule has 19 heteroatoms. The first-order chi connectivity index (χ1) is 43.4. The minimum absolute atomic E-state index is 0.103. The highest BCUT2D eigenvalue weighted by Gasteiger charge is 2.30. The van der Waals surface area contributed by atoms with Gasteiger partial charge >= 0.3 is 39.5 Å². The minimum atomic E-state index is -4.95. The summed E-state index contributed by atoms with van der Waals surface area (Å²) in [6.07, 6.45) is 48.8. The van der Waals surface area contributed by atoms with Gasteiger partial charge in [-0.3, -0.25) is 37.3 Å². The Labute approximate surface area is 549 Å². The number of aliphatic hydroxyl groups is 1. The predicted octanol–water partition coefficient (Wildman–Crippen LogP) is 20.4. The first-order valence-corrected chi connectivity index (χ1v) is 40.1. The molecule has 0 amide bonds. The second-order valence-corrected chi connectivity index (χ2v) is 29.0. The first-order valence-electron chi connectivity index (χ1n) is 37.1. The molecule has 0 aromatic carbocycles. The number of carbonyl (C=O) groups excluding carboxylic acids is 4. The van der Waals surface area contributed by atoms with E-state index < -0.39 is 97.5 Å². The van der Waals surface area contributed by atoms with Crippen LogP contribution < -0.4 is 0 Å². The van der Waals surface area contributed by atoms with Gasteiger partial charge in [-0.25, -0.2) is 9.13 Å². The molecule has 0 bridgehead atoms. The average molecular weight is 1330 g/mol. The van der Waals surface area contributed by atoms with Gasteiger partial charge in [-0.05, 0) is 37.5 Å². The third kappa shape index (κ3) is 62.2. The maximum absolute atomic E-state index is 13.0. The van der Waals surface area contributed by atoms with Gasteiger partial charge in [0.2, 0.25) is 0 Å². The van der Waals surface area contributed by atoms with Crippen LogP contribution >= 0.6 is 15.6 Å². The largest absolute Gasteiger partial charge is 0.472 e. The standard InChI is InChI=1S/C71H138O17P2/c1-7-11-13-15-17-19-21-22-23-24-25-26-27-28-29-30-32-34-43-49-55-70(75)87-66(60-82-69(74)54-48-42-37-35-39-45-51-63(5)9-3)61-85-89(77,78)83-57-65(72)58-84-90(79,80)86-62-67(88-71(76)56-50-44-38-36-40-46-52-64(6)10-4)59-81-68(73)53-47-41-33-31-20-18-16-14-12-8-2/h63-67,72H,7-62H2,1-6H3,(H,77,78)(H,79,80)/t63?,64?,65-,66-,67-/m1/s1. The van der Waals surface area contributed by atoms with Crippen molar-refractivity contribution in [3.63, 3.8) is 0 Å². The lowest BCUT2D eigenvalue weighted by Crippen LogP contribution is -2.30. The predicted molar refractivity (Wildman–Crippen MR) is 363 cm³/mol. The Balaban J connectivity index is 5.17. The lowest BCUT2D eigenvalue weighted by Gasteiger charge is -2.21. The van der Waals surface area contributed by atoms with Crippen molar-refractivity contribution in [3.05, 3.63) is 0 Å². The summed E-state index contributed by atoms with van der Waals surface area (Å²) in [5, 5.41) is 10.6. The van der Waals surface area contributed by atoms with Gasteiger partial charge in [0, 0.05) is 25.7 Å². The van der Waals surface area contributed by atoms with Crippen molar-refractivity contribution >= 4 is 39.5 Å². The highest BCUT2D eigenvalue weighted by atomic mass is 31.2. The van der Waals surface area contributed by atoms with Gasteiger partial charge < -0.3 is 33.8 Å². The first kappa shape index (κ1) is 88.1. The van der Waals surface area contributed by atoms with Crippen LogP contribution in [0, 0.1) is 11.8 Å². The van der Waals surface area contributed by atoms with Crippen LogP contribution in [0.5, 0.6) is 0 Å². The number of rotatable bonds is 70. The molecule has 0 spiro atoms. The highest BCUT2D eigenvalue weighted by molar-refractivity contribution is 7.47. The van der Waals surface area contributed by atoms with Crippen LogP contribution in [0.2, 0.25) is 0 Å². The van der Waals surface area contributed by atoms with E-state index in [9.17, 15) is 43.2 Å². The molecule has 0 radical (unpaired) electrons. The molecule has 17 nitrogen and oxygen atoms in total. The lowest BCUT2D eigenvalue weighted by molar-refractivity contribution is -0.161. The number of ether oxygens (including phenoxy) is 4. The molecule has 4 unspecified atom stereocenters. The van der Waals surface area contributed by atoms with Gasteiger partial charge in [0.1, 0.15) is 19.3 Å². The maximum atomic E-state index is 13.0. The Bertz CT molecular complexity index is 1760. The van der Waals surface area contributed by atoms with E-state index in [1.807, 2.05) is 0 Å². The second-order valence-electron chi connectivity index (χ2n) is 26.1. The number of aliphatic hydroxyl groups excluding tert-OH is 1. The molecule has 0 saturated carbocycles. The van der Waals surface area contributed by atoms with Gasteiger partial charge in [-0.15, -0.1) is 0 Å². The van der Waals surface area contributed by atoms with Crippen LogP contribution in [0.4, 0.5) is 0 Å². The molecule has 0 fully saturated rings. The summed E-state index contributed by atoms with van der Waals surface area (Å²) >= 11 is 0. The van der Waals surface area contributed by atoms with E-state index in [0.29, 0.717) is 25.7 Å². The molecule has 7 atom stereocenters. The van der Waals surface area contributed by atoms with Crippen LogP contribution in [0.15, 0.2) is 0 Å². The average Bonchev–Trinajstić information content (AvgIpc) is 3.26. The Morgan fingerprint density at radius 3 is 0.789 bits per heavy atom. The molecule has 534 valence electrons. The zero-order valence-corrected chi connectivity index (χ0v) is 60.2. The molecular weight excluding hydrogens is 1190 g/mol. The third-order valence-electron chi connectivity index (χ3n) is 17.2. The maximum Gasteiger partial charge on any atom is 0.472 e. The molecular formula is C71H138O17P2. The van der Waals surface area contributed by atoms with E-state index in [1.165, 1.54) is 173 Å². The van der Waals surface area contributed by atoms with Crippen LogP contribution in [0.3, 0.4) is 0 Å². The molecule has 0 rings (SSSR count). The topological polar surface area (TPSA) is 237 Å². The second kappa shape index (κ2) is 63.1. The summed E-state index contributed by atoms with van der Waals surface area (Å²) in [6, 6.07) is 0. The number of unbranched alkanes of at least 4 members (excludes halogenated alkanes) is 38. The molecule has 0 aliphatic carbocycles. The Hall–Kier alpha value is -1.94. The fourth-order valence-corrected chi connectivity index (χ4v) is 12.3. The monoisotopic (exact) mass is 1320 g/mol. The van der Waals surface area contributed by atoms with Gasteiger partial charge in [0.25, 0.3) is 0 Å². The zero-order valence-electron chi connectivity index (χ0n) is 58.4. The van der Waals surface area contributed by atoms with Crippen molar-refractivity contribution in [2.75, 3.05) is 39.6 Å². The van der Waals surface area contributed by atoms with E-state index in [-0.39, 0.29) is 25.7 Å². The molecule has 0 aliphatic rings. The van der Waals surface area contributed by atoms with E-state index in [2.05, 4.69) is 41.5 Å². The van der Waals surface area contributed by atoms with Gasteiger partial charge in [0.05, 0.1) is 26.4 Å². The summed E-state index contributed by atoms with van der Waals surface area (Å²) in [5.74, 6) is -0.677. The zero-order chi connectivity index (χ0) is 66.5. The van der Waals surface area contributed by atoms with Crippen molar-refractivity contribution in [2.45, 2.75) is 381 Å². The van der Waals surface area contributed by atoms with Crippen molar-refractivity contribution < 1.29 is 80.2 Å². The van der Waals surface area contributed by atoms with Crippen LogP contribution in [0.25, 0.3) is 0 Å². The SMILES string of the molecule is CCCCCCCCCCCCCCCCCCCCCCC(=O)O[C@H](COC(=O)CCCCCCCCC(C)CC)COP(=O)(O)OC[C@@H](O)COP(=O)(O)OC[C@@H](COC(=O)CCCCCCCCCCCC)OC(=O)CCCCCCCCC(C)CC. The van der Waals surface area contributed by atoms with E-state index in [1.54, 1.807) is 0 Å². The van der Waals surface area contributed by atoms with Crippen LogP contribution in [0.1, 0.15) is 363 Å². The minimum Gasteiger partial charge on any atom is -0.462 e. The van der Waals surface area contributed by atoms with Crippen LogP contribution in [-0.2, 0) is 65.4 Å². The van der Waals surface area contributed by atoms with Crippen molar-refractivity contribution in [2.24, 2.45) is 11.8 Å². The van der Waals surface area contributed by atoms with Crippen molar-refractivity contribution in [3.8, 4) is 0 Å². The van der Waals surface area contributed by atoms with Gasteiger partial charge in [0.15, 0.2) is 12.2 Å². The third-order valence-corrected chi connectivity index (χ3v) is 19.1. The highest BCUT2D eigenvalue weighted by Crippen LogP contribution is 2.45. The van der Waals surface area contributed by atoms with E-state index >= 15 is 0 Å².